The Morgan fingerprint density at radius 2 is 1.81 bits per heavy atom. The van der Waals surface area contributed by atoms with Crippen molar-refractivity contribution in [2.45, 2.75) is 19.4 Å². The normalized spacial score (nSPS) is 16.2. The van der Waals surface area contributed by atoms with Gasteiger partial charge in [-0.15, -0.1) is 0 Å². The van der Waals surface area contributed by atoms with Gasteiger partial charge in [-0.1, -0.05) is 42.5 Å². The molecule has 3 aromatic rings. The van der Waals surface area contributed by atoms with E-state index in [1.807, 2.05) is 42.5 Å². The van der Waals surface area contributed by atoms with E-state index in [0.717, 1.165) is 29.3 Å². The fourth-order valence-corrected chi connectivity index (χ4v) is 5.66. The molecule has 0 aliphatic carbocycles. The third kappa shape index (κ3) is 5.20. The molecule has 1 aromatic heterocycles. The van der Waals surface area contributed by atoms with Crippen molar-refractivity contribution < 1.29 is 22.4 Å². The second-order valence-electron chi connectivity index (χ2n) is 7.99. The topological polar surface area (TPSA) is 80.1 Å². The lowest BCUT2D eigenvalue weighted by atomic mass is 10.0. The average molecular weight is 457 g/mol. The summed E-state index contributed by atoms with van der Waals surface area (Å²) in [6.07, 6.45) is 1.24. The minimum absolute atomic E-state index is 0.0989. The Morgan fingerprint density at radius 3 is 2.66 bits per heavy atom. The van der Waals surface area contributed by atoms with Gasteiger partial charge in [-0.2, -0.15) is 0 Å². The number of methoxy groups -OCH3 is 1. The third-order valence-electron chi connectivity index (χ3n) is 5.88. The van der Waals surface area contributed by atoms with Crippen molar-refractivity contribution in [3.05, 3.63) is 71.7 Å². The van der Waals surface area contributed by atoms with Gasteiger partial charge < -0.3 is 9.15 Å². The molecule has 8 heteroatoms. The first-order valence-electron chi connectivity index (χ1n) is 10.8. The fourth-order valence-electron chi connectivity index (χ4n) is 4.16. The molecule has 2 aromatic carbocycles. The molecule has 7 nitrogen and oxygen atoms in total. The molecule has 1 saturated heterocycles. The highest BCUT2D eigenvalue weighted by Crippen LogP contribution is 2.20. The highest BCUT2D eigenvalue weighted by molar-refractivity contribution is 7.89. The SMILES string of the molecule is COC(=O)c1ccc(CN2CCCN(S(=O)(=O)CCc3cccc4ccccc34)CC2)o1. The summed E-state index contributed by atoms with van der Waals surface area (Å²) >= 11 is 0. The van der Waals surface area contributed by atoms with Gasteiger partial charge in [0, 0.05) is 19.6 Å². The molecule has 0 saturated carbocycles. The first-order valence-corrected chi connectivity index (χ1v) is 12.4. The molecular weight excluding hydrogens is 428 g/mol. The van der Waals surface area contributed by atoms with E-state index in [4.69, 9.17) is 4.42 Å². The summed E-state index contributed by atoms with van der Waals surface area (Å²) in [6, 6.07) is 17.5. The summed E-state index contributed by atoms with van der Waals surface area (Å²) in [5.41, 5.74) is 1.06. The lowest BCUT2D eigenvalue weighted by Crippen LogP contribution is -2.37. The molecule has 0 atom stereocenters. The summed E-state index contributed by atoms with van der Waals surface area (Å²) in [4.78, 5) is 13.7. The maximum absolute atomic E-state index is 13.1. The van der Waals surface area contributed by atoms with Gasteiger partial charge in [0.1, 0.15) is 5.76 Å². The molecule has 0 radical (unpaired) electrons. The van der Waals surface area contributed by atoms with E-state index in [9.17, 15) is 13.2 Å². The fraction of sp³-hybridized carbons (Fsp3) is 0.375. The molecular formula is C24H28N2O5S. The molecule has 0 amide bonds. The van der Waals surface area contributed by atoms with Crippen molar-refractivity contribution in [3.63, 3.8) is 0 Å². The maximum atomic E-state index is 13.1. The first-order chi connectivity index (χ1) is 15.5. The minimum Gasteiger partial charge on any atom is -0.463 e. The van der Waals surface area contributed by atoms with E-state index in [-0.39, 0.29) is 11.5 Å². The second kappa shape index (κ2) is 9.85. The molecule has 1 aliphatic heterocycles. The molecule has 0 unspecified atom stereocenters. The van der Waals surface area contributed by atoms with Crippen LogP contribution in [0.15, 0.2) is 59.0 Å². The zero-order valence-corrected chi connectivity index (χ0v) is 19.0. The van der Waals surface area contributed by atoms with Crippen molar-refractivity contribution in [2.24, 2.45) is 0 Å². The van der Waals surface area contributed by atoms with Gasteiger partial charge in [0.25, 0.3) is 0 Å². The number of fused-ring (bicyclic) bond motifs is 1. The highest BCUT2D eigenvalue weighted by Gasteiger charge is 2.25. The monoisotopic (exact) mass is 456 g/mol. The van der Waals surface area contributed by atoms with Crippen LogP contribution in [0.4, 0.5) is 0 Å². The van der Waals surface area contributed by atoms with E-state index >= 15 is 0 Å². The molecule has 1 aliphatic rings. The van der Waals surface area contributed by atoms with Gasteiger partial charge in [-0.3, -0.25) is 4.90 Å². The zero-order chi connectivity index (χ0) is 22.6. The van der Waals surface area contributed by atoms with Crippen LogP contribution in [0.3, 0.4) is 0 Å². The van der Waals surface area contributed by atoms with E-state index in [1.165, 1.54) is 7.11 Å². The van der Waals surface area contributed by atoms with Crippen LogP contribution in [0.2, 0.25) is 0 Å². The molecule has 170 valence electrons. The highest BCUT2D eigenvalue weighted by atomic mass is 32.2. The quantitative estimate of drug-likeness (QED) is 0.508. The lowest BCUT2D eigenvalue weighted by molar-refractivity contribution is 0.0561. The average Bonchev–Trinajstić information content (AvgIpc) is 3.14. The molecule has 32 heavy (non-hydrogen) atoms. The Kier molecular flexibility index (Phi) is 6.93. The summed E-state index contributed by atoms with van der Waals surface area (Å²) < 4.78 is 38.0. The number of benzene rings is 2. The van der Waals surface area contributed by atoms with Crippen LogP contribution in [0.1, 0.15) is 28.3 Å². The van der Waals surface area contributed by atoms with Crippen LogP contribution >= 0.6 is 0 Å². The first kappa shape index (κ1) is 22.5. The second-order valence-corrected chi connectivity index (χ2v) is 10.1. The van der Waals surface area contributed by atoms with Crippen LogP contribution in [0.25, 0.3) is 10.8 Å². The van der Waals surface area contributed by atoms with Crippen molar-refractivity contribution >= 4 is 26.8 Å². The molecule has 4 rings (SSSR count). The van der Waals surface area contributed by atoms with Crippen molar-refractivity contribution in [3.8, 4) is 0 Å². The van der Waals surface area contributed by atoms with Gasteiger partial charge in [-0.25, -0.2) is 17.5 Å². The number of carbonyl (C=O) groups is 1. The van der Waals surface area contributed by atoms with Crippen LogP contribution < -0.4 is 0 Å². The number of esters is 1. The number of aryl methyl sites for hydroxylation is 1. The number of rotatable bonds is 7. The Labute approximate surface area is 188 Å². The van der Waals surface area contributed by atoms with E-state index < -0.39 is 16.0 Å². The number of hydrogen-bond donors (Lipinski definition) is 0. The largest absolute Gasteiger partial charge is 0.463 e. The minimum atomic E-state index is -3.36. The van der Waals surface area contributed by atoms with Gasteiger partial charge in [0.15, 0.2) is 0 Å². The van der Waals surface area contributed by atoms with Crippen LogP contribution in [0.5, 0.6) is 0 Å². The van der Waals surface area contributed by atoms with Gasteiger partial charge in [0.2, 0.25) is 15.8 Å². The number of nitrogens with zero attached hydrogens (tertiary/aromatic N) is 2. The molecule has 1 fully saturated rings. The summed E-state index contributed by atoms with van der Waals surface area (Å²) in [5, 5.41) is 2.23. The summed E-state index contributed by atoms with van der Waals surface area (Å²) in [5.74, 6) is 0.435. The summed E-state index contributed by atoms with van der Waals surface area (Å²) in [6.45, 7) is 2.87. The Morgan fingerprint density at radius 1 is 1.00 bits per heavy atom. The van der Waals surface area contributed by atoms with E-state index in [2.05, 4.69) is 9.64 Å². The third-order valence-corrected chi connectivity index (χ3v) is 7.75. The lowest BCUT2D eigenvalue weighted by Gasteiger charge is -2.21. The maximum Gasteiger partial charge on any atom is 0.373 e. The number of furan rings is 1. The van der Waals surface area contributed by atoms with Crippen LogP contribution in [-0.4, -0.2) is 62.6 Å². The van der Waals surface area contributed by atoms with E-state index in [1.54, 1.807) is 16.4 Å². The van der Waals surface area contributed by atoms with Crippen molar-refractivity contribution in [1.82, 2.24) is 9.21 Å². The van der Waals surface area contributed by atoms with Gasteiger partial charge >= 0.3 is 5.97 Å². The Balaban J connectivity index is 1.35. The summed E-state index contributed by atoms with van der Waals surface area (Å²) in [7, 11) is -2.04. The predicted octanol–water partition coefficient (Wildman–Crippen LogP) is 3.30. The molecule has 0 spiro atoms. The van der Waals surface area contributed by atoms with Crippen LogP contribution in [-0.2, 0) is 27.7 Å². The number of sulfonamides is 1. The Hall–Kier alpha value is -2.68. The zero-order valence-electron chi connectivity index (χ0n) is 18.2. The molecule has 2 heterocycles. The van der Waals surface area contributed by atoms with Crippen molar-refractivity contribution in [2.75, 3.05) is 39.0 Å². The Bertz CT molecular complexity index is 1180. The molecule has 0 bridgehead atoms. The van der Waals surface area contributed by atoms with Crippen LogP contribution in [0, 0.1) is 0 Å². The van der Waals surface area contributed by atoms with Crippen molar-refractivity contribution in [1.29, 1.82) is 0 Å². The number of hydrogen-bond acceptors (Lipinski definition) is 6. The molecule has 0 N–H and O–H groups in total. The number of carbonyl (C=O) groups excluding carboxylic acids is 1. The smallest absolute Gasteiger partial charge is 0.373 e. The van der Waals surface area contributed by atoms with Gasteiger partial charge in [-0.05, 0) is 47.9 Å². The predicted molar refractivity (Wildman–Crippen MR) is 123 cm³/mol. The van der Waals surface area contributed by atoms with Gasteiger partial charge in [0.05, 0.1) is 19.4 Å². The standard InChI is InChI=1S/C24H28N2O5S/c1-30-24(27)23-11-10-21(31-23)18-25-13-5-14-26(16-15-25)32(28,29)17-12-20-8-4-7-19-6-2-3-9-22(19)20/h2-4,6-11H,5,12-18H2,1H3. The van der Waals surface area contributed by atoms with E-state index in [0.29, 0.717) is 38.4 Å². The number of ether oxygens (including phenoxy) is 1.